The van der Waals surface area contributed by atoms with Gasteiger partial charge < -0.3 is 20.7 Å². The van der Waals surface area contributed by atoms with Gasteiger partial charge in [0.15, 0.2) is 0 Å². The Morgan fingerprint density at radius 2 is 2.00 bits per heavy atom. The Kier molecular flexibility index (Phi) is 5.09. The van der Waals surface area contributed by atoms with Crippen LogP contribution in [0.4, 0.5) is 10.5 Å². The monoisotopic (exact) mass is 277 g/mol. The summed E-state index contributed by atoms with van der Waals surface area (Å²) in [5.41, 5.74) is 6.31. The SMILES string of the molecule is CC1CCN(C(=O)NCCOc2ccc(N)cc2)CC1. The fourth-order valence-electron chi connectivity index (χ4n) is 2.21. The molecular weight excluding hydrogens is 254 g/mol. The van der Waals surface area contributed by atoms with Crippen LogP contribution in [-0.4, -0.2) is 37.2 Å². The Morgan fingerprint density at radius 1 is 1.35 bits per heavy atom. The molecule has 0 bridgehead atoms. The van der Waals surface area contributed by atoms with E-state index in [1.165, 1.54) is 0 Å². The van der Waals surface area contributed by atoms with Crippen molar-refractivity contribution in [2.24, 2.45) is 5.92 Å². The van der Waals surface area contributed by atoms with E-state index in [2.05, 4.69) is 12.2 Å². The zero-order valence-electron chi connectivity index (χ0n) is 12.0. The zero-order chi connectivity index (χ0) is 14.4. The number of likely N-dealkylation sites (tertiary alicyclic amines) is 1. The predicted molar refractivity (Wildman–Crippen MR) is 79.7 cm³/mol. The van der Waals surface area contributed by atoms with Crippen molar-refractivity contribution in [2.75, 3.05) is 32.0 Å². The van der Waals surface area contributed by atoms with E-state index in [-0.39, 0.29) is 6.03 Å². The van der Waals surface area contributed by atoms with E-state index in [4.69, 9.17) is 10.5 Å². The van der Waals surface area contributed by atoms with Crippen LogP contribution in [0.5, 0.6) is 5.75 Å². The van der Waals surface area contributed by atoms with Gasteiger partial charge in [0, 0.05) is 18.8 Å². The van der Waals surface area contributed by atoms with Gasteiger partial charge >= 0.3 is 6.03 Å². The molecule has 0 unspecified atom stereocenters. The van der Waals surface area contributed by atoms with Crippen molar-refractivity contribution in [1.29, 1.82) is 0 Å². The number of anilines is 1. The Bertz CT molecular complexity index is 425. The molecule has 110 valence electrons. The van der Waals surface area contributed by atoms with Gasteiger partial charge in [-0.15, -0.1) is 0 Å². The molecular formula is C15H23N3O2. The number of rotatable bonds is 4. The van der Waals surface area contributed by atoms with Crippen LogP contribution in [0.25, 0.3) is 0 Å². The molecule has 2 amide bonds. The number of benzene rings is 1. The molecule has 20 heavy (non-hydrogen) atoms. The Hall–Kier alpha value is -1.91. The zero-order valence-corrected chi connectivity index (χ0v) is 12.0. The predicted octanol–water partition coefficient (Wildman–Crippen LogP) is 2.09. The number of carbonyl (C=O) groups excluding carboxylic acids is 1. The number of carbonyl (C=O) groups is 1. The van der Waals surface area contributed by atoms with Gasteiger partial charge in [-0.05, 0) is 43.0 Å². The van der Waals surface area contributed by atoms with Crippen LogP contribution in [0.3, 0.4) is 0 Å². The highest BCUT2D eigenvalue weighted by atomic mass is 16.5. The molecule has 1 aliphatic rings. The van der Waals surface area contributed by atoms with Gasteiger partial charge in [0.05, 0.1) is 6.54 Å². The number of urea groups is 1. The Balaban J connectivity index is 1.63. The van der Waals surface area contributed by atoms with Crippen molar-refractivity contribution < 1.29 is 9.53 Å². The highest BCUT2D eigenvalue weighted by Gasteiger charge is 2.19. The summed E-state index contributed by atoms with van der Waals surface area (Å²) >= 11 is 0. The van der Waals surface area contributed by atoms with E-state index in [0.29, 0.717) is 18.8 Å². The number of piperidine rings is 1. The molecule has 0 atom stereocenters. The minimum Gasteiger partial charge on any atom is -0.492 e. The Morgan fingerprint density at radius 3 is 2.65 bits per heavy atom. The third-order valence-electron chi connectivity index (χ3n) is 3.60. The van der Waals surface area contributed by atoms with Crippen molar-refractivity contribution in [1.82, 2.24) is 10.2 Å². The summed E-state index contributed by atoms with van der Waals surface area (Å²) in [5.74, 6) is 1.49. The van der Waals surface area contributed by atoms with Crippen LogP contribution in [-0.2, 0) is 0 Å². The summed E-state index contributed by atoms with van der Waals surface area (Å²) in [6, 6.07) is 7.25. The first-order valence-corrected chi connectivity index (χ1v) is 7.16. The maximum absolute atomic E-state index is 11.9. The summed E-state index contributed by atoms with van der Waals surface area (Å²) in [5, 5.41) is 2.89. The number of hydrogen-bond acceptors (Lipinski definition) is 3. The van der Waals surface area contributed by atoms with Gasteiger partial charge in [-0.3, -0.25) is 0 Å². The van der Waals surface area contributed by atoms with E-state index in [0.717, 1.165) is 37.6 Å². The summed E-state index contributed by atoms with van der Waals surface area (Å²) < 4.78 is 5.53. The van der Waals surface area contributed by atoms with Crippen molar-refractivity contribution in [3.05, 3.63) is 24.3 Å². The molecule has 0 spiro atoms. The molecule has 0 aromatic heterocycles. The smallest absolute Gasteiger partial charge is 0.317 e. The highest BCUT2D eigenvalue weighted by molar-refractivity contribution is 5.74. The molecule has 0 radical (unpaired) electrons. The number of nitrogens with zero attached hydrogens (tertiary/aromatic N) is 1. The third-order valence-corrected chi connectivity index (χ3v) is 3.60. The summed E-state index contributed by atoms with van der Waals surface area (Å²) in [6.45, 7) is 4.91. The van der Waals surface area contributed by atoms with Gasteiger partial charge in [0.25, 0.3) is 0 Å². The number of amides is 2. The first-order chi connectivity index (χ1) is 9.65. The topological polar surface area (TPSA) is 67.6 Å². The normalized spacial score (nSPS) is 15.9. The molecule has 3 N–H and O–H groups in total. The number of nitrogens with two attached hydrogens (primary N) is 1. The maximum Gasteiger partial charge on any atom is 0.317 e. The molecule has 1 aromatic carbocycles. The largest absolute Gasteiger partial charge is 0.492 e. The quantitative estimate of drug-likeness (QED) is 0.654. The van der Waals surface area contributed by atoms with Crippen LogP contribution >= 0.6 is 0 Å². The van der Waals surface area contributed by atoms with Crippen LogP contribution in [0.2, 0.25) is 0 Å². The maximum atomic E-state index is 11.9. The minimum absolute atomic E-state index is 0.0119. The lowest BCUT2D eigenvalue weighted by atomic mass is 10.00. The number of hydrogen-bond donors (Lipinski definition) is 2. The summed E-state index contributed by atoms with van der Waals surface area (Å²) in [4.78, 5) is 13.8. The lowest BCUT2D eigenvalue weighted by molar-refractivity contribution is 0.172. The molecule has 5 heteroatoms. The van der Waals surface area contributed by atoms with Gasteiger partial charge in [-0.25, -0.2) is 4.79 Å². The summed E-state index contributed by atoms with van der Waals surface area (Å²) in [6.07, 6.45) is 2.19. The molecule has 0 aliphatic carbocycles. The lowest BCUT2D eigenvalue weighted by Gasteiger charge is -2.30. The van der Waals surface area contributed by atoms with Crippen LogP contribution in [0.1, 0.15) is 19.8 Å². The molecule has 1 saturated heterocycles. The van der Waals surface area contributed by atoms with Crippen LogP contribution in [0, 0.1) is 5.92 Å². The Labute approximate surface area is 120 Å². The lowest BCUT2D eigenvalue weighted by Crippen LogP contribution is -2.45. The molecule has 1 fully saturated rings. The fourth-order valence-corrected chi connectivity index (χ4v) is 2.21. The number of nitrogens with one attached hydrogen (secondary N) is 1. The number of ether oxygens (including phenoxy) is 1. The minimum atomic E-state index is 0.0119. The van der Waals surface area contributed by atoms with Crippen LogP contribution < -0.4 is 15.8 Å². The van der Waals surface area contributed by atoms with Gasteiger partial charge in [-0.2, -0.15) is 0 Å². The number of nitrogen functional groups attached to an aromatic ring is 1. The van der Waals surface area contributed by atoms with Crippen LogP contribution in [0.15, 0.2) is 24.3 Å². The van der Waals surface area contributed by atoms with Gasteiger partial charge in [0.2, 0.25) is 0 Å². The molecule has 1 aliphatic heterocycles. The third kappa shape index (κ3) is 4.33. The summed E-state index contributed by atoms with van der Waals surface area (Å²) in [7, 11) is 0. The van der Waals surface area contributed by atoms with E-state index < -0.39 is 0 Å². The molecule has 5 nitrogen and oxygen atoms in total. The van der Waals surface area contributed by atoms with E-state index >= 15 is 0 Å². The van der Waals surface area contributed by atoms with Crippen molar-refractivity contribution >= 4 is 11.7 Å². The fraction of sp³-hybridized carbons (Fsp3) is 0.533. The molecule has 0 saturated carbocycles. The molecule has 1 heterocycles. The van der Waals surface area contributed by atoms with Gasteiger partial charge in [0.1, 0.15) is 12.4 Å². The average molecular weight is 277 g/mol. The van der Waals surface area contributed by atoms with E-state index in [1.807, 2.05) is 17.0 Å². The average Bonchev–Trinajstić information content (AvgIpc) is 2.46. The second-order valence-electron chi connectivity index (χ2n) is 5.32. The first kappa shape index (κ1) is 14.5. The highest BCUT2D eigenvalue weighted by Crippen LogP contribution is 2.15. The molecule has 2 rings (SSSR count). The first-order valence-electron chi connectivity index (χ1n) is 7.16. The van der Waals surface area contributed by atoms with Gasteiger partial charge in [-0.1, -0.05) is 6.92 Å². The second kappa shape index (κ2) is 7.03. The van der Waals surface area contributed by atoms with Crippen molar-refractivity contribution in [3.63, 3.8) is 0 Å². The van der Waals surface area contributed by atoms with E-state index in [9.17, 15) is 4.79 Å². The van der Waals surface area contributed by atoms with Crippen molar-refractivity contribution in [2.45, 2.75) is 19.8 Å². The van der Waals surface area contributed by atoms with Crippen molar-refractivity contribution in [3.8, 4) is 5.75 Å². The molecule has 1 aromatic rings. The van der Waals surface area contributed by atoms with E-state index in [1.54, 1.807) is 12.1 Å². The second-order valence-corrected chi connectivity index (χ2v) is 5.32. The standard InChI is InChI=1S/C15H23N3O2/c1-12-6-9-18(10-7-12)15(19)17-8-11-20-14-4-2-13(16)3-5-14/h2-5,12H,6-11,16H2,1H3,(H,17,19).